The first-order valence-corrected chi connectivity index (χ1v) is 17.6. The number of benzene rings is 1. The molecule has 0 unspecified atom stereocenters. The van der Waals surface area contributed by atoms with Crippen LogP contribution in [0.15, 0.2) is 30.3 Å². The quantitative estimate of drug-likeness (QED) is 0.688. The van der Waals surface area contributed by atoms with E-state index in [1.165, 1.54) is 0 Å². The van der Waals surface area contributed by atoms with E-state index in [0.29, 0.717) is 12.5 Å². The summed E-state index contributed by atoms with van der Waals surface area (Å²) in [5.74, 6) is 0. The summed E-state index contributed by atoms with van der Waals surface area (Å²) >= 11 is -3.92. The second-order valence-corrected chi connectivity index (χ2v) is 22.6. The van der Waals surface area contributed by atoms with Crippen LogP contribution < -0.4 is 4.35 Å². The molecule has 1 rings (SSSR count). The molecule has 0 radical (unpaired) electrons. The predicted octanol–water partition coefficient (Wildman–Crippen LogP) is 3.05. The molecule has 6 heteroatoms. The monoisotopic (exact) mass is 374 g/mol. The van der Waals surface area contributed by atoms with E-state index >= 15 is 0 Å². The molecular formula is C14H27AsO3Si2. The van der Waals surface area contributed by atoms with E-state index < -0.39 is 30.3 Å². The zero-order chi connectivity index (χ0) is 15.4. The van der Waals surface area contributed by atoms with Gasteiger partial charge in [-0.05, 0) is 0 Å². The molecule has 0 N–H and O–H groups in total. The summed E-state index contributed by atoms with van der Waals surface area (Å²) in [4.78, 5) is 0. The van der Waals surface area contributed by atoms with Crippen molar-refractivity contribution in [3.8, 4) is 0 Å². The van der Waals surface area contributed by atoms with Crippen molar-refractivity contribution in [3.63, 3.8) is 0 Å². The maximum atomic E-state index is 13.2. The van der Waals surface area contributed by atoms with Crippen LogP contribution in [0.5, 0.6) is 0 Å². The molecule has 0 spiro atoms. The van der Waals surface area contributed by atoms with Crippen LogP contribution in [0.25, 0.3) is 0 Å². The van der Waals surface area contributed by atoms with Crippen molar-refractivity contribution in [1.29, 1.82) is 0 Å². The van der Waals surface area contributed by atoms with Crippen LogP contribution in [-0.2, 0) is 11.2 Å². The van der Waals surface area contributed by atoms with Crippen molar-refractivity contribution in [2.75, 3.05) is 12.5 Å². The van der Waals surface area contributed by atoms with Crippen molar-refractivity contribution in [1.82, 2.24) is 0 Å². The molecule has 0 saturated carbocycles. The van der Waals surface area contributed by atoms with E-state index in [-0.39, 0.29) is 0 Å². The average Bonchev–Trinajstić information content (AvgIpc) is 2.33. The van der Waals surface area contributed by atoms with Gasteiger partial charge in [0.25, 0.3) is 0 Å². The van der Waals surface area contributed by atoms with Crippen LogP contribution in [0.2, 0.25) is 39.3 Å². The van der Waals surface area contributed by atoms with Crippen LogP contribution >= 0.6 is 0 Å². The molecule has 0 aliphatic rings. The third-order valence-electron chi connectivity index (χ3n) is 2.41. The van der Waals surface area contributed by atoms with Gasteiger partial charge in [-0.3, -0.25) is 0 Å². The standard InChI is InChI=1S/C14H27AsO3Si2/c1-19(2,3)12-17-15(16,18-13-20(4,5)6)14-10-8-7-9-11-14/h7-11H,12-13H2,1-6H3. The van der Waals surface area contributed by atoms with E-state index in [1.54, 1.807) is 0 Å². The van der Waals surface area contributed by atoms with Gasteiger partial charge < -0.3 is 0 Å². The van der Waals surface area contributed by atoms with Gasteiger partial charge in [0, 0.05) is 0 Å². The molecule has 3 nitrogen and oxygen atoms in total. The molecule has 1 aromatic rings. The third kappa shape index (κ3) is 6.59. The third-order valence-corrected chi connectivity index (χ3v) is 9.40. The van der Waals surface area contributed by atoms with Gasteiger partial charge in [0.05, 0.1) is 0 Å². The second kappa shape index (κ2) is 6.80. The Morgan fingerprint density at radius 3 is 1.60 bits per heavy atom. The predicted molar refractivity (Wildman–Crippen MR) is 91.1 cm³/mol. The summed E-state index contributed by atoms with van der Waals surface area (Å²) < 4.78 is 25.6. The second-order valence-electron chi connectivity index (χ2n) is 7.50. The van der Waals surface area contributed by atoms with Gasteiger partial charge in [-0.1, -0.05) is 0 Å². The van der Waals surface area contributed by atoms with Gasteiger partial charge in [0.1, 0.15) is 0 Å². The Labute approximate surface area is 128 Å². The van der Waals surface area contributed by atoms with Gasteiger partial charge in [-0.2, -0.15) is 0 Å². The molecule has 0 saturated heterocycles. The van der Waals surface area contributed by atoms with E-state index in [2.05, 4.69) is 39.3 Å². The molecule has 0 aromatic heterocycles. The molecule has 0 aliphatic carbocycles. The SMILES string of the molecule is C[Si](C)(C)CO[As](=O)(OC[Si](C)(C)C)c1ccccc1. The van der Waals surface area contributed by atoms with Gasteiger partial charge >= 0.3 is 128 Å². The first kappa shape index (κ1) is 18.0. The van der Waals surface area contributed by atoms with Crippen molar-refractivity contribution < 1.29 is 11.2 Å². The van der Waals surface area contributed by atoms with Crippen molar-refractivity contribution in [2.45, 2.75) is 39.3 Å². The Morgan fingerprint density at radius 1 is 0.850 bits per heavy atom. The molecule has 0 fully saturated rings. The van der Waals surface area contributed by atoms with Gasteiger partial charge in [-0.25, -0.2) is 0 Å². The fraction of sp³-hybridized carbons (Fsp3) is 0.571. The molecule has 0 atom stereocenters. The number of rotatable bonds is 7. The Kier molecular flexibility index (Phi) is 6.11. The van der Waals surface area contributed by atoms with Gasteiger partial charge in [0.15, 0.2) is 0 Å². The molecule has 0 amide bonds. The summed E-state index contributed by atoms with van der Waals surface area (Å²) in [5, 5.41) is 0. The van der Waals surface area contributed by atoms with Gasteiger partial charge in [-0.15, -0.1) is 0 Å². The summed E-state index contributed by atoms with van der Waals surface area (Å²) in [7, 11) is -2.85. The Bertz CT molecular complexity index is 442. The Hall–Kier alpha value is -0.0678. The van der Waals surface area contributed by atoms with Crippen molar-refractivity contribution in [3.05, 3.63) is 30.3 Å². The fourth-order valence-electron chi connectivity index (χ4n) is 1.35. The Balaban J connectivity index is 2.92. The zero-order valence-electron chi connectivity index (χ0n) is 13.5. The maximum absolute atomic E-state index is 13.2. The average molecular weight is 374 g/mol. The molecule has 0 aliphatic heterocycles. The van der Waals surface area contributed by atoms with E-state index in [4.69, 9.17) is 7.45 Å². The normalized spacial score (nSPS) is 13.5. The molecule has 0 bridgehead atoms. The summed E-state index contributed by atoms with van der Waals surface area (Å²) in [5.41, 5.74) is 0. The first-order valence-electron chi connectivity index (χ1n) is 6.97. The van der Waals surface area contributed by atoms with Crippen molar-refractivity contribution >= 4 is 34.7 Å². The number of hydrogen-bond donors (Lipinski definition) is 0. The molecule has 114 valence electrons. The zero-order valence-corrected chi connectivity index (χ0v) is 17.3. The first-order chi connectivity index (χ1) is 9.02. The Morgan fingerprint density at radius 2 is 1.25 bits per heavy atom. The minimum absolute atomic E-state index is 0.574. The summed E-state index contributed by atoms with van der Waals surface area (Å²) in [6.45, 7) is 13.2. The van der Waals surface area contributed by atoms with Crippen LogP contribution in [0.1, 0.15) is 0 Å². The van der Waals surface area contributed by atoms with Crippen LogP contribution in [0.3, 0.4) is 0 Å². The van der Waals surface area contributed by atoms with Crippen LogP contribution in [-0.4, -0.2) is 42.8 Å². The van der Waals surface area contributed by atoms with Crippen LogP contribution in [0, 0.1) is 0 Å². The summed E-state index contributed by atoms with van der Waals surface area (Å²) in [6, 6.07) is 9.40. The molecule has 20 heavy (non-hydrogen) atoms. The minimum atomic E-state index is -3.92. The number of hydrogen-bond acceptors (Lipinski definition) is 3. The van der Waals surface area contributed by atoms with E-state index in [1.807, 2.05) is 30.3 Å². The fourth-order valence-corrected chi connectivity index (χ4v) is 11.4. The van der Waals surface area contributed by atoms with Crippen LogP contribution in [0.4, 0.5) is 0 Å². The van der Waals surface area contributed by atoms with E-state index in [0.717, 1.165) is 4.35 Å². The van der Waals surface area contributed by atoms with Gasteiger partial charge in [0.2, 0.25) is 0 Å². The molecular weight excluding hydrogens is 347 g/mol. The summed E-state index contributed by atoms with van der Waals surface area (Å²) in [6.07, 6.45) is 1.15. The molecule has 0 heterocycles. The van der Waals surface area contributed by atoms with E-state index in [9.17, 15) is 3.74 Å². The topological polar surface area (TPSA) is 35.5 Å². The molecule has 1 aromatic carbocycles. The van der Waals surface area contributed by atoms with Crippen molar-refractivity contribution in [2.24, 2.45) is 0 Å².